The predicted molar refractivity (Wildman–Crippen MR) is 142 cm³/mol. The average Bonchev–Trinajstić information content (AvgIpc) is 3.25. The van der Waals surface area contributed by atoms with Gasteiger partial charge in [0.15, 0.2) is 0 Å². The summed E-state index contributed by atoms with van der Waals surface area (Å²) in [6.45, 7) is 4.31. The molecule has 0 saturated carbocycles. The van der Waals surface area contributed by atoms with Gasteiger partial charge in [0.25, 0.3) is 0 Å². The van der Waals surface area contributed by atoms with Crippen LogP contribution in [0.15, 0.2) is 89.3 Å². The molecule has 34 heavy (non-hydrogen) atoms. The SMILES string of the molecule is CCCCc1ccc(C#Cc2c(C)cccc2C#Cc2cccc3oc4ccccc4c23)cc1. The molecule has 0 N–H and O–H groups in total. The van der Waals surface area contributed by atoms with Gasteiger partial charge in [-0.3, -0.25) is 0 Å². The third-order valence-corrected chi connectivity index (χ3v) is 6.11. The van der Waals surface area contributed by atoms with E-state index in [-0.39, 0.29) is 0 Å². The first kappa shape index (κ1) is 21.6. The summed E-state index contributed by atoms with van der Waals surface area (Å²) in [6.07, 6.45) is 3.56. The molecule has 0 unspecified atom stereocenters. The van der Waals surface area contributed by atoms with E-state index >= 15 is 0 Å². The summed E-state index contributed by atoms with van der Waals surface area (Å²) in [5.41, 5.74) is 8.16. The van der Waals surface area contributed by atoms with E-state index in [0.29, 0.717) is 0 Å². The monoisotopic (exact) mass is 438 g/mol. The summed E-state index contributed by atoms with van der Waals surface area (Å²) in [5, 5.41) is 2.16. The van der Waals surface area contributed by atoms with Crippen molar-refractivity contribution in [2.75, 3.05) is 0 Å². The number of hydrogen-bond donors (Lipinski definition) is 0. The fourth-order valence-electron chi connectivity index (χ4n) is 4.22. The Morgan fingerprint density at radius 2 is 1.41 bits per heavy atom. The molecule has 0 bridgehead atoms. The molecule has 1 aromatic heterocycles. The average molecular weight is 439 g/mol. The number of benzene rings is 4. The topological polar surface area (TPSA) is 13.1 Å². The van der Waals surface area contributed by atoms with E-state index in [2.05, 4.69) is 80.0 Å². The number of furan rings is 1. The zero-order valence-corrected chi connectivity index (χ0v) is 19.6. The van der Waals surface area contributed by atoms with Crippen LogP contribution in [0.2, 0.25) is 0 Å². The first-order valence-electron chi connectivity index (χ1n) is 11.9. The molecule has 0 aliphatic heterocycles. The van der Waals surface area contributed by atoms with Crippen molar-refractivity contribution in [2.45, 2.75) is 33.1 Å². The van der Waals surface area contributed by atoms with Crippen LogP contribution in [0.4, 0.5) is 0 Å². The van der Waals surface area contributed by atoms with E-state index in [1.54, 1.807) is 0 Å². The number of para-hydroxylation sites is 1. The molecule has 4 aromatic carbocycles. The van der Waals surface area contributed by atoms with Crippen molar-refractivity contribution < 1.29 is 4.42 Å². The molecule has 0 radical (unpaired) electrons. The summed E-state index contributed by atoms with van der Waals surface area (Å²) in [5.74, 6) is 13.5. The van der Waals surface area contributed by atoms with E-state index in [1.165, 1.54) is 18.4 Å². The van der Waals surface area contributed by atoms with E-state index in [9.17, 15) is 0 Å². The van der Waals surface area contributed by atoms with Gasteiger partial charge in [-0.05, 0) is 67.3 Å². The Bertz CT molecular complexity index is 1590. The molecule has 0 atom stereocenters. The molecule has 0 aliphatic rings. The summed E-state index contributed by atoms with van der Waals surface area (Å²) < 4.78 is 6.02. The van der Waals surface area contributed by atoms with Gasteiger partial charge in [-0.15, -0.1) is 0 Å². The zero-order chi connectivity index (χ0) is 23.3. The Morgan fingerprint density at radius 1 is 0.676 bits per heavy atom. The van der Waals surface area contributed by atoms with Crippen molar-refractivity contribution in [1.82, 2.24) is 0 Å². The van der Waals surface area contributed by atoms with Gasteiger partial charge in [0, 0.05) is 33.0 Å². The summed E-state index contributed by atoms with van der Waals surface area (Å²) in [4.78, 5) is 0. The van der Waals surface area contributed by atoms with E-state index in [4.69, 9.17) is 4.42 Å². The number of unbranched alkanes of at least 4 members (excludes halogenated alkanes) is 1. The first-order chi connectivity index (χ1) is 16.7. The maximum Gasteiger partial charge on any atom is 0.136 e. The molecule has 164 valence electrons. The molecular formula is C33H26O. The fourth-order valence-corrected chi connectivity index (χ4v) is 4.22. The number of fused-ring (bicyclic) bond motifs is 3. The van der Waals surface area contributed by atoms with Gasteiger partial charge < -0.3 is 4.42 Å². The lowest BCUT2D eigenvalue weighted by Gasteiger charge is -2.02. The quantitative estimate of drug-likeness (QED) is 0.260. The minimum atomic E-state index is 0.861. The highest BCUT2D eigenvalue weighted by Gasteiger charge is 2.09. The van der Waals surface area contributed by atoms with Crippen LogP contribution in [0.1, 0.15) is 53.1 Å². The summed E-state index contributed by atoms with van der Waals surface area (Å²) >= 11 is 0. The van der Waals surface area contributed by atoms with E-state index in [0.717, 1.165) is 56.2 Å². The highest BCUT2D eigenvalue weighted by Crippen LogP contribution is 2.30. The highest BCUT2D eigenvalue weighted by molar-refractivity contribution is 6.07. The maximum absolute atomic E-state index is 6.02. The van der Waals surface area contributed by atoms with E-state index < -0.39 is 0 Å². The van der Waals surface area contributed by atoms with Gasteiger partial charge >= 0.3 is 0 Å². The Morgan fingerprint density at radius 3 is 2.26 bits per heavy atom. The van der Waals surface area contributed by atoms with Crippen LogP contribution in [0, 0.1) is 30.6 Å². The van der Waals surface area contributed by atoms with E-state index in [1.807, 2.05) is 42.5 Å². The largest absolute Gasteiger partial charge is 0.456 e. The van der Waals surface area contributed by atoms with Crippen molar-refractivity contribution >= 4 is 21.9 Å². The van der Waals surface area contributed by atoms with Crippen molar-refractivity contribution in [3.05, 3.63) is 118 Å². The van der Waals surface area contributed by atoms with Crippen LogP contribution in [-0.4, -0.2) is 0 Å². The van der Waals surface area contributed by atoms with Crippen molar-refractivity contribution in [3.63, 3.8) is 0 Å². The molecule has 0 fully saturated rings. The molecule has 1 heteroatoms. The Labute approximate surface area is 201 Å². The standard InChI is InChI=1S/C33H26O/c1-3-4-10-25-16-18-26(19-17-25)20-23-29-24(2)9-7-11-27(29)21-22-28-12-8-15-32-33(28)30-13-5-6-14-31(30)34-32/h5-9,11-19H,3-4,10H2,1-2H3. The smallest absolute Gasteiger partial charge is 0.136 e. The normalized spacial score (nSPS) is 10.5. The molecule has 5 rings (SSSR count). The summed E-state index contributed by atoms with van der Waals surface area (Å²) in [6, 6.07) is 29.0. The van der Waals surface area contributed by atoms with Crippen LogP contribution in [0.3, 0.4) is 0 Å². The number of rotatable bonds is 3. The third-order valence-electron chi connectivity index (χ3n) is 6.11. The fraction of sp³-hybridized carbons (Fsp3) is 0.152. The second-order valence-corrected chi connectivity index (χ2v) is 8.57. The van der Waals surface area contributed by atoms with Crippen LogP contribution in [-0.2, 0) is 6.42 Å². The summed E-state index contributed by atoms with van der Waals surface area (Å²) in [7, 11) is 0. The first-order valence-corrected chi connectivity index (χ1v) is 11.9. The van der Waals surface area contributed by atoms with Gasteiger partial charge in [0.2, 0.25) is 0 Å². The van der Waals surface area contributed by atoms with Gasteiger partial charge in [0.1, 0.15) is 11.2 Å². The molecule has 5 aromatic rings. The molecule has 0 aliphatic carbocycles. The minimum absolute atomic E-state index is 0.861. The molecular weight excluding hydrogens is 412 g/mol. The van der Waals surface area contributed by atoms with Crippen molar-refractivity contribution in [3.8, 4) is 23.7 Å². The van der Waals surface area contributed by atoms with Crippen LogP contribution < -0.4 is 0 Å². The number of hydrogen-bond acceptors (Lipinski definition) is 1. The van der Waals surface area contributed by atoms with Crippen LogP contribution >= 0.6 is 0 Å². The molecule has 1 nitrogen and oxygen atoms in total. The zero-order valence-electron chi connectivity index (χ0n) is 19.6. The predicted octanol–water partition coefficient (Wildman–Crippen LogP) is 8.04. The van der Waals surface area contributed by atoms with Gasteiger partial charge in [0.05, 0.1) is 0 Å². The second kappa shape index (κ2) is 9.74. The van der Waals surface area contributed by atoms with Crippen molar-refractivity contribution in [2.24, 2.45) is 0 Å². The lowest BCUT2D eigenvalue weighted by molar-refractivity contribution is 0.669. The highest BCUT2D eigenvalue weighted by atomic mass is 16.3. The molecule has 1 heterocycles. The molecule has 0 saturated heterocycles. The lowest BCUT2D eigenvalue weighted by Crippen LogP contribution is -1.89. The Hall–Kier alpha value is -4.20. The van der Waals surface area contributed by atoms with Gasteiger partial charge in [-0.25, -0.2) is 0 Å². The second-order valence-electron chi connectivity index (χ2n) is 8.57. The molecule has 0 amide bonds. The minimum Gasteiger partial charge on any atom is -0.456 e. The maximum atomic E-state index is 6.02. The third kappa shape index (κ3) is 4.47. The van der Waals surface area contributed by atoms with Crippen LogP contribution in [0.5, 0.6) is 0 Å². The Kier molecular flexibility index (Phi) is 6.20. The van der Waals surface area contributed by atoms with Crippen LogP contribution in [0.25, 0.3) is 21.9 Å². The van der Waals surface area contributed by atoms with Gasteiger partial charge in [-0.2, -0.15) is 0 Å². The Balaban J connectivity index is 1.51. The van der Waals surface area contributed by atoms with Crippen molar-refractivity contribution in [1.29, 1.82) is 0 Å². The van der Waals surface area contributed by atoms with Gasteiger partial charge in [-0.1, -0.05) is 85.6 Å². The molecule has 0 spiro atoms. The number of aryl methyl sites for hydroxylation is 2. The lowest BCUT2D eigenvalue weighted by atomic mass is 10.0.